The van der Waals surface area contributed by atoms with E-state index in [-0.39, 0.29) is 5.78 Å². The van der Waals surface area contributed by atoms with Gasteiger partial charge in [-0.05, 0) is 37.9 Å². The molecule has 2 nitrogen and oxygen atoms in total. The van der Waals surface area contributed by atoms with E-state index >= 15 is 0 Å². The Labute approximate surface area is 104 Å². The number of carbonyl (C=O) groups is 1. The molecular weight excluding hydrogens is 330 g/mol. The first-order valence-corrected chi connectivity index (χ1v) is 6.24. The topological polar surface area (TPSA) is 20.3 Å². The highest BCUT2D eigenvalue weighted by atomic mass is 79.9. The first kappa shape index (κ1) is 11.9. The molecular formula is C9H9Br2NOS. The molecule has 0 N–H and O–H groups in total. The van der Waals surface area contributed by atoms with E-state index in [0.29, 0.717) is 0 Å². The number of hydrogen-bond acceptors (Lipinski definition) is 3. The molecule has 0 aliphatic heterocycles. The molecule has 0 aliphatic carbocycles. The maximum Gasteiger partial charge on any atom is 0.197 e. The van der Waals surface area contributed by atoms with Gasteiger partial charge in [0.15, 0.2) is 5.78 Å². The number of nitrogens with zero attached hydrogens (tertiary/aromatic N) is 1. The normalized spacial score (nSPS) is 10.9. The highest BCUT2D eigenvalue weighted by Crippen LogP contribution is 2.32. The van der Waals surface area contributed by atoms with E-state index < -0.39 is 0 Å². The lowest BCUT2D eigenvalue weighted by atomic mass is 10.3. The Balaban J connectivity index is 2.80. The Kier molecular flexibility index (Phi) is 4.34. The molecule has 1 heterocycles. The van der Waals surface area contributed by atoms with Crippen molar-refractivity contribution in [2.45, 2.75) is 0 Å². The Morgan fingerprint density at radius 2 is 2.14 bits per heavy atom. The van der Waals surface area contributed by atoms with E-state index in [1.165, 1.54) is 11.3 Å². The number of halogens is 2. The predicted molar refractivity (Wildman–Crippen MR) is 66.9 cm³/mol. The van der Waals surface area contributed by atoms with Crippen LogP contribution < -0.4 is 0 Å². The quantitative estimate of drug-likeness (QED) is 0.620. The molecule has 0 saturated carbocycles. The molecule has 0 amide bonds. The monoisotopic (exact) mass is 337 g/mol. The van der Waals surface area contributed by atoms with Crippen LogP contribution in [-0.2, 0) is 0 Å². The Hall–Kier alpha value is -0.130. The Bertz CT molecular complexity index is 351. The van der Waals surface area contributed by atoms with Gasteiger partial charge in [0.1, 0.15) is 0 Å². The number of hydrogen-bond donors (Lipinski definition) is 0. The summed E-state index contributed by atoms with van der Waals surface area (Å²) in [6, 6.07) is 1.82. The highest BCUT2D eigenvalue weighted by Gasteiger charge is 2.08. The molecule has 14 heavy (non-hydrogen) atoms. The van der Waals surface area contributed by atoms with Crippen molar-refractivity contribution in [2.24, 2.45) is 0 Å². The molecule has 1 rings (SSSR count). The standard InChI is InChI=1S/C9H9Br2NOS/c1-12(2)4-3-7(13)8-5-6(10)9(11)14-8/h3-5H,1-2H3/b4-3+. The van der Waals surface area contributed by atoms with Gasteiger partial charge in [-0.3, -0.25) is 4.79 Å². The summed E-state index contributed by atoms with van der Waals surface area (Å²) in [6.45, 7) is 0. The van der Waals surface area contributed by atoms with Crippen LogP contribution in [0.5, 0.6) is 0 Å². The van der Waals surface area contributed by atoms with E-state index in [0.717, 1.165) is 13.1 Å². The number of rotatable bonds is 3. The van der Waals surface area contributed by atoms with Crippen molar-refractivity contribution in [1.82, 2.24) is 4.90 Å². The lowest BCUT2D eigenvalue weighted by Crippen LogP contribution is -2.02. The summed E-state index contributed by atoms with van der Waals surface area (Å²) in [6.07, 6.45) is 3.30. The first-order chi connectivity index (χ1) is 6.50. The minimum atomic E-state index is 0.0232. The molecule has 1 aromatic rings. The molecule has 0 bridgehead atoms. The molecule has 0 spiro atoms. The highest BCUT2D eigenvalue weighted by molar-refractivity contribution is 9.13. The lowest BCUT2D eigenvalue weighted by molar-refractivity contribution is 0.104. The fourth-order valence-corrected chi connectivity index (χ4v) is 2.72. The molecule has 76 valence electrons. The van der Waals surface area contributed by atoms with E-state index in [9.17, 15) is 4.79 Å². The first-order valence-electron chi connectivity index (χ1n) is 3.84. The van der Waals surface area contributed by atoms with E-state index in [1.807, 2.05) is 25.1 Å². The van der Waals surface area contributed by atoms with Gasteiger partial charge in [-0.15, -0.1) is 11.3 Å². The van der Waals surface area contributed by atoms with Gasteiger partial charge in [0, 0.05) is 30.8 Å². The zero-order chi connectivity index (χ0) is 10.7. The average Bonchev–Trinajstić information content (AvgIpc) is 2.43. The molecule has 0 unspecified atom stereocenters. The van der Waals surface area contributed by atoms with Crippen LogP contribution in [0, 0.1) is 0 Å². The lowest BCUT2D eigenvalue weighted by Gasteiger charge is -2.01. The smallest absolute Gasteiger partial charge is 0.197 e. The van der Waals surface area contributed by atoms with Gasteiger partial charge in [0.2, 0.25) is 0 Å². The van der Waals surface area contributed by atoms with Gasteiger partial charge in [-0.1, -0.05) is 0 Å². The maximum absolute atomic E-state index is 11.6. The third-order valence-corrected chi connectivity index (χ3v) is 4.68. The SMILES string of the molecule is CN(C)/C=C/C(=O)c1cc(Br)c(Br)s1. The van der Waals surface area contributed by atoms with Crippen molar-refractivity contribution >= 4 is 49.0 Å². The second kappa shape index (κ2) is 5.09. The van der Waals surface area contributed by atoms with Gasteiger partial charge in [0.05, 0.1) is 8.66 Å². The Morgan fingerprint density at radius 3 is 2.57 bits per heavy atom. The number of ketones is 1. The minimum Gasteiger partial charge on any atom is -0.383 e. The van der Waals surface area contributed by atoms with Crippen LogP contribution in [0.2, 0.25) is 0 Å². The molecule has 0 aromatic carbocycles. The van der Waals surface area contributed by atoms with Crippen molar-refractivity contribution in [1.29, 1.82) is 0 Å². The third kappa shape index (κ3) is 3.22. The molecule has 0 aliphatic rings. The van der Waals surface area contributed by atoms with Crippen LogP contribution in [0.1, 0.15) is 9.67 Å². The summed E-state index contributed by atoms with van der Waals surface area (Å²) >= 11 is 8.12. The number of allylic oxidation sites excluding steroid dienone is 1. The molecule has 0 saturated heterocycles. The van der Waals surface area contributed by atoms with Gasteiger partial charge in [-0.2, -0.15) is 0 Å². The maximum atomic E-state index is 11.6. The van der Waals surface area contributed by atoms with Gasteiger partial charge >= 0.3 is 0 Å². The summed E-state index contributed by atoms with van der Waals surface area (Å²) in [5.74, 6) is 0.0232. The fraction of sp³-hybridized carbons (Fsp3) is 0.222. The van der Waals surface area contributed by atoms with Gasteiger partial charge in [-0.25, -0.2) is 0 Å². The summed E-state index contributed by atoms with van der Waals surface area (Å²) in [7, 11) is 3.76. The van der Waals surface area contributed by atoms with E-state index in [4.69, 9.17) is 0 Å². The summed E-state index contributed by atoms with van der Waals surface area (Å²) in [5.41, 5.74) is 0. The largest absolute Gasteiger partial charge is 0.383 e. The zero-order valence-corrected chi connectivity index (χ0v) is 11.7. The van der Waals surface area contributed by atoms with E-state index in [1.54, 1.807) is 12.3 Å². The van der Waals surface area contributed by atoms with Crippen molar-refractivity contribution in [3.05, 3.63) is 31.5 Å². The van der Waals surface area contributed by atoms with Crippen molar-refractivity contribution in [2.75, 3.05) is 14.1 Å². The zero-order valence-electron chi connectivity index (χ0n) is 7.75. The van der Waals surface area contributed by atoms with Crippen LogP contribution in [0.4, 0.5) is 0 Å². The second-order valence-electron chi connectivity index (χ2n) is 2.88. The molecule has 0 fully saturated rings. The third-order valence-electron chi connectivity index (χ3n) is 1.41. The van der Waals surface area contributed by atoms with Crippen LogP contribution in [-0.4, -0.2) is 24.8 Å². The number of carbonyl (C=O) groups excluding carboxylic acids is 1. The molecule has 0 atom stereocenters. The fourth-order valence-electron chi connectivity index (χ4n) is 0.767. The van der Waals surface area contributed by atoms with Crippen molar-refractivity contribution < 1.29 is 4.79 Å². The van der Waals surface area contributed by atoms with Gasteiger partial charge < -0.3 is 4.90 Å². The van der Waals surface area contributed by atoms with E-state index in [2.05, 4.69) is 31.9 Å². The molecule has 1 aromatic heterocycles. The molecule has 5 heteroatoms. The van der Waals surface area contributed by atoms with Crippen molar-refractivity contribution in [3.8, 4) is 0 Å². The predicted octanol–water partition coefficient (Wildman–Crippen LogP) is 3.53. The summed E-state index contributed by atoms with van der Waals surface area (Å²) in [5, 5.41) is 0. The van der Waals surface area contributed by atoms with Crippen LogP contribution in [0.25, 0.3) is 0 Å². The minimum absolute atomic E-state index is 0.0232. The summed E-state index contributed by atoms with van der Waals surface area (Å²) < 4.78 is 1.86. The van der Waals surface area contributed by atoms with Gasteiger partial charge in [0.25, 0.3) is 0 Å². The summed E-state index contributed by atoms with van der Waals surface area (Å²) in [4.78, 5) is 14.1. The van der Waals surface area contributed by atoms with Crippen LogP contribution >= 0.6 is 43.2 Å². The number of thiophene rings is 1. The molecule has 0 radical (unpaired) electrons. The average molecular weight is 339 g/mol. The van der Waals surface area contributed by atoms with Crippen LogP contribution in [0.15, 0.2) is 26.6 Å². The Morgan fingerprint density at radius 1 is 1.50 bits per heavy atom. The second-order valence-corrected chi connectivity index (χ2v) is 6.10. The van der Waals surface area contributed by atoms with Crippen molar-refractivity contribution in [3.63, 3.8) is 0 Å². The van der Waals surface area contributed by atoms with Crippen LogP contribution in [0.3, 0.4) is 0 Å².